The van der Waals surface area contributed by atoms with Crippen LogP contribution in [0.1, 0.15) is 77.5 Å². The average molecular weight is 649 g/mol. The molecule has 4 rings (SSSR count). The summed E-state index contributed by atoms with van der Waals surface area (Å²) < 4.78 is 9.35. The zero-order valence-corrected chi connectivity index (χ0v) is 28.8. The Bertz CT molecular complexity index is 1690. The molecular formula is C37H45ClN2O6. The molecule has 246 valence electrons. The van der Waals surface area contributed by atoms with Crippen LogP contribution in [0.2, 0.25) is 5.15 Å². The third-order valence-electron chi connectivity index (χ3n) is 7.12. The molecule has 0 radical (unpaired) electrons. The summed E-state index contributed by atoms with van der Waals surface area (Å²) in [5.74, 6) is -0.494. The summed E-state index contributed by atoms with van der Waals surface area (Å²) >= 11 is 5.78. The van der Waals surface area contributed by atoms with Crippen LogP contribution in [0, 0.1) is 10.8 Å². The highest BCUT2D eigenvalue weighted by atomic mass is 35.5. The van der Waals surface area contributed by atoms with E-state index < -0.39 is 23.0 Å². The topological polar surface area (TPSA) is 119 Å². The van der Waals surface area contributed by atoms with Crippen LogP contribution in [-0.4, -0.2) is 46.3 Å². The van der Waals surface area contributed by atoms with Crippen LogP contribution in [0.25, 0.3) is 27.6 Å². The minimum absolute atomic E-state index is 0.203. The Balaban J connectivity index is 0.000000263. The summed E-state index contributed by atoms with van der Waals surface area (Å²) in [6.45, 7) is 12.6. The van der Waals surface area contributed by atoms with E-state index in [1.165, 1.54) is 14.2 Å². The molecule has 0 fully saturated rings. The second kappa shape index (κ2) is 17.0. The number of halogens is 1. The Hall–Kier alpha value is -4.11. The van der Waals surface area contributed by atoms with Crippen LogP contribution >= 0.6 is 11.6 Å². The van der Waals surface area contributed by atoms with E-state index >= 15 is 0 Å². The summed E-state index contributed by atoms with van der Waals surface area (Å²) in [6, 6.07) is 15.3. The molecule has 46 heavy (non-hydrogen) atoms. The van der Waals surface area contributed by atoms with Crippen molar-refractivity contribution in [1.82, 2.24) is 9.97 Å². The quantitative estimate of drug-likeness (QED) is 0.117. The number of nitrogens with zero attached hydrogens (tertiary/aromatic N) is 2. The summed E-state index contributed by atoms with van der Waals surface area (Å²) in [6.07, 6.45) is 9.81. The minimum atomic E-state index is -0.702. The van der Waals surface area contributed by atoms with E-state index in [2.05, 4.69) is 14.7 Å². The number of aliphatic hydroxyl groups is 2. The molecular weight excluding hydrogens is 604 g/mol. The molecule has 0 aliphatic rings. The smallest absolute Gasteiger partial charge is 0.315 e. The highest BCUT2D eigenvalue weighted by Crippen LogP contribution is 2.24. The van der Waals surface area contributed by atoms with Gasteiger partial charge in [0.05, 0.1) is 43.0 Å². The largest absolute Gasteiger partial charge is 0.468 e. The highest BCUT2D eigenvalue weighted by Gasteiger charge is 2.25. The van der Waals surface area contributed by atoms with Crippen LogP contribution < -0.4 is 0 Å². The molecule has 0 aliphatic heterocycles. The van der Waals surface area contributed by atoms with Gasteiger partial charge in [-0.2, -0.15) is 0 Å². The molecule has 8 nitrogen and oxygen atoms in total. The van der Waals surface area contributed by atoms with Crippen molar-refractivity contribution in [3.8, 4) is 0 Å². The maximum atomic E-state index is 11.7. The number of fused-ring (bicyclic) bond motifs is 2. The number of benzene rings is 2. The normalized spacial score (nSPS) is 13.0. The lowest BCUT2D eigenvalue weighted by Gasteiger charge is -2.16. The number of esters is 2. The number of carbonyl (C=O) groups is 2. The lowest BCUT2D eigenvalue weighted by molar-refractivity contribution is -0.148. The first-order valence-corrected chi connectivity index (χ1v) is 15.2. The van der Waals surface area contributed by atoms with Gasteiger partial charge < -0.3 is 19.7 Å². The molecule has 2 aromatic heterocycles. The molecule has 2 N–H and O–H groups in total. The van der Waals surface area contributed by atoms with Crippen molar-refractivity contribution < 1.29 is 29.3 Å². The molecule has 2 atom stereocenters. The van der Waals surface area contributed by atoms with E-state index in [4.69, 9.17) is 16.3 Å². The molecule has 0 bridgehead atoms. The van der Waals surface area contributed by atoms with Crippen molar-refractivity contribution in [2.45, 2.75) is 60.7 Å². The zero-order chi connectivity index (χ0) is 34.7. The molecule has 4 aromatic rings. The Morgan fingerprint density at radius 1 is 0.739 bits per heavy atom. The van der Waals surface area contributed by atoms with Gasteiger partial charge in [0, 0.05) is 23.2 Å². The summed E-state index contributed by atoms with van der Waals surface area (Å²) in [4.78, 5) is 31.0. The number of rotatable bonds is 7. The third-order valence-corrected chi connectivity index (χ3v) is 7.33. The molecule has 0 unspecified atom stereocenters. The van der Waals surface area contributed by atoms with E-state index in [1.807, 2.05) is 81.5 Å². The predicted molar refractivity (Wildman–Crippen MR) is 185 cm³/mol. The zero-order valence-electron chi connectivity index (χ0n) is 28.0. The first kappa shape index (κ1) is 38.1. The monoisotopic (exact) mass is 648 g/mol. The number of aromatic nitrogens is 2. The Morgan fingerprint density at radius 2 is 1.20 bits per heavy atom. The number of hydrogen-bond donors (Lipinski definition) is 2. The lowest BCUT2D eigenvalue weighted by Crippen LogP contribution is -2.22. The lowest BCUT2D eigenvalue weighted by atomic mass is 9.93. The highest BCUT2D eigenvalue weighted by molar-refractivity contribution is 6.30. The first-order valence-electron chi connectivity index (χ1n) is 14.9. The molecule has 2 aromatic carbocycles. The molecule has 0 saturated heterocycles. The second-order valence-corrected chi connectivity index (χ2v) is 12.3. The van der Waals surface area contributed by atoms with Gasteiger partial charge in [0.1, 0.15) is 5.15 Å². The number of ether oxygens (including phenoxy) is 2. The summed E-state index contributed by atoms with van der Waals surface area (Å²) in [5.41, 5.74) is 1.33. The van der Waals surface area contributed by atoms with E-state index in [-0.39, 0.29) is 11.9 Å². The van der Waals surface area contributed by atoms with Crippen molar-refractivity contribution in [2.24, 2.45) is 10.8 Å². The van der Waals surface area contributed by atoms with E-state index in [1.54, 1.807) is 52.2 Å². The van der Waals surface area contributed by atoms with Crippen molar-refractivity contribution in [2.75, 3.05) is 14.2 Å². The van der Waals surface area contributed by atoms with Gasteiger partial charge in [0.25, 0.3) is 0 Å². The van der Waals surface area contributed by atoms with Crippen LogP contribution in [0.3, 0.4) is 0 Å². The predicted octanol–water partition coefficient (Wildman–Crippen LogP) is 8.20. The van der Waals surface area contributed by atoms with Crippen molar-refractivity contribution in [3.05, 3.63) is 101 Å². The van der Waals surface area contributed by atoms with Crippen molar-refractivity contribution in [3.63, 3.8) is 0 Å². The molecule has 0 spiro atoms. The van der Waals surface area contributed by atoms with Gasteiger partial charge in [-0.3, -0.25) is 14.6 Å². The molecule has 0 aliphatic carbocycles. The average Bonchev–Trinajstić information content (AvgIpc) is 3.02. The number of allylic oxidation sites excluding steroid dienone is 1. The minimum Gasteiger partial charge on any atom is -0.468 e. The van der Waals surface area contributed by atoms with Crippen LogP contribution in [0.15, 0.2) is 79.2 Å². The third kappa shape index (κ3) is 11.1. The van der Waals surface area contributed by atoms with Crippen LogP contribution in [0.5, 0.6) is 0 Å². The molecule has 9 heteroatoms. The summed E-state index contributed by atoms with van der Waals surface area (Å²) in [7, 11) is 2.78. The number of hydrogen-bond acceptors (Lipinski definition) is 8. The van der Waals surface area contributed by atoms with Crippen molar-refractivity contribution >= 4 is 51.2 Å². The number of pyridine rings is 2. The van der Waals surface area contributed by atoms with Crippen LogP contribution in [0.4, 0.5) is 0 Å². The van der Waals surface area contributed by atoms with E-state index in [0.717, 1.165) is 38.4 Å². The standard InChI is InChI=1S/C18H21NO3.C11H10ClNO.C8H14O2/c1-12(20)13-5-6-14-11-19-16(10-15(14)9-13)7-8-18(2,3)17(21)22-4;1-7(14)8-2-3-9-6-13-11(12)5-10(9)4-8;1-5-6-8(2,3)7(9)10-4/h5-12,20H,1-4H3;2-7,14H,1H3;5-6H,1-4H3/b8-7+;;6-5+/t12-;7-;/m11./s1. The van der Waals surface area contributed by atoms with Gasteiger partial charge in [-0.15, -0.1) is 0 Å². The van der Waals surface area contributed by atoms with Gasteiger partial charge in [-0.25, -0.2) is 4.98 Å². The number of methoxy groups -OCH3 is 2. The molecule has 0 saturated carbocycles. The first-order chi connectivity index (χ1) is 21.5. The fourth-order valence-electron chi connectivity index (χ4n) is 4.29. The van der Waals surface area contributed by atoms with Gasteiger partial charge in [-0.05, 0) is 101 Å². The maximum absolute atomic E-state index is 11.7. The Morgan fingerprint density at radius 3 is 1.65 bits per heavy atom. The fourth-order valence-corrected chi connectivity index (χ4v) is 4.46. The van der Waals surface area contributed by atoms with Gasteiger partial charge >= 0.3 is 11.9 Å². The second-order valence-electron chi connectivity index (χ2n) is 11.9. The molecule has 2 heterocycles. The van der Waals surface area contributed by atoms with Gasteiger partial charge in [-0.1, -0.05) is 54.1 Å². The van der Waals surface area contributed by atoms with Gasteiger partial charge in [0.2, 0.25) is 0 Å². The number of carbonyl (C=O) groups excluding carboxylic acids is 2. The summed E-state index contributed by atoms with van der Waals surface area (Å²) in [5, 5.41) is 23.6. The maximum Gasteiger partial charge on any atom is 0.315 e. The van der Waals surface area contributed by atoms with Gasteiger partial charge in [0.15, 0.2) is 0 Å². The Labute approximate surface area is 276 Å². The fraction of sp³-hybridized carbons (Fsp3) is 0.351. The van der Waals surface area contributed by atoms with E-state index in [0.29, 0.717) is 5.15 Å². The van der Waals surface area contributed by atoms with Crippen molar-refractivity contribution in [1.29, 1.82) is 0 Å². The SMILES string of the molecule is C/C=C/C(C)(C)C(=O)OC.COC(=O)C(C)(C)/C=C/c1cc2cc([C@@H](C)O)ccc2cn1.C[C@@H](O)c1ccc2cnc(Cl)cc2c1. The van der Waals surface area contributed by atoms with Crippen LogP contribution in [-0.2, 0) is 19.1 Å². The van der Waals surface area contributed by atoms with E-state index in [9.17, 15) is 19.8 Å². The Kier molecular flexibility index (Phi) is 14.1. The molecule has 0 amide bonds. The number of aliphatic hydroxyl groups excluding tert-OH is 2.